The highest BCUT2D eigenvalue weighted by Gasteiger charge is 2.26. The van der Waals surface area contributed by atoms with Gasteiger partial charge in [-0.3, -0.25) is 10.1 Å². The van der Waals surface area contributed by atoms with E-state index in [-0.39, 0.29) is 17.3 Å². The number of nitrogens with zero attached hydrogens (tertiary/aromatic N) is 2. The maximum absolute atomic E-state index is 10.9. The molecule has 0 spiro atoms. The van der Waals surface area contributed by atoms with E-state index < -0.39 is 10.9 Å². The lowest BCUT2D eigenvalue weighted by Crippen LogP contribution is -2.26. The quantitative estimate of drug-likeness (QED) is 0.608. The minimum absolute atomic E-state index is 0.0295. The monoisotopic (exact) mass is 251 g/mol. The molecule has 96 valence electrons. The molecule has 1 heterocycles. The molecule has 18 heavy (non-hydrogen) atoms. The predicted octanol–water partition coefficient (Wildman–Crippen LogP) is 0.830. The Hall–Kier alpha value is -2.15. The molecule has 1 aromatic carbocycles. The topological polar surface area (TPSA) is 110 Å². The van der Waals surface area contributed by atoms with Gasteiger partial charge >= 0.3 is 5.97 Å². The zero-order chi connectivity index (χ0) is 13.3. The van der Waals surface area contributed by atoms with Crippen molar-refractivity contribution in [3.63, 3.8) is 0 Å². The molecule has 7 heteroatoms. The van der Waals surface area contributed by atoms with Crippen molar-refractivity contribution < 1.29 is 14.8 Å². The molecule has 1 saturated heterocycles. The number of carboxylic acid groups (broad SMARTS) is 1. The Balaban J connectivity index is 2.44. The first-order chi connectivity index (χ1) is 8.49. The lowest BCUT2D eigenvalue weighted by Gasteiger charge is -2.18. The Bertz CT molecular complexity index is 503. The summed E-state index contributed by atoms with van der Waals surface area (Å²) in [7, 11) is 0. The van der Waals surface area contributed by atoms with Crippen molar-refractivity contribution in [2.45, 2.75) is 12.5 Å². The van der Waals surface area contributed by atoms with Crippen LogP contribution in [0.2, 0.25) is 0 Å². The highest BCUT2D eigenvalue weighted by Crippen LogP contribution is 2.31. The minimum Gasteiger partial charge on any atom is -0.478 e. The van der Waals surface area contributed by atoms with Crippen molar-refractivity contribution in [3.05, 3.63) is 33.9 Å². The molecule has 2 rings (SSSR count). The van der Waals surface area contributed by atoms with Gasteiger partial charge in [-0.1, -0.05) is 0 Å². The number of nitrogens with two attached hydrogens (primary N) is 1. The van der Waals surface area contributed by atoms with Crippen molar-refractivity contribution in [3.8, 4) is 0 Å². The van der Waals surface area contributed by atoms with E-state index in [1.807, 2.05) is 0 Å². The van der Waals surface area contributed by atoms with E-state index in [0.717, 1.165) is 6.42 Å². The van der Waals surface area contributed by atoms with Gasteiger partial charge in [-0.05, 0) is 18.6 Å². The number of anilines is 1. The number of nitro benzene ring substituents is 1. The van der Waals surface area contributed by atoms with Crippen LogP contribution in [0.1, 0.15) is 16.8 Å². The summed E-state index contributed by atoms with van der Waals surface area (Å²) >= 11 is 0. The molecule has 1 fully saturated rings. The SMILES string of the molecule is NC1CCN(c2cc(C(=O)O)ccc2[N+](=O)[O-])C1. The number of aromatic carboxylic acids is 1. The predicted molar refractivity (Wildman–Crippen MR) is 64.9 cm³/mol. The van der Waals surface area contributed by atoms with E-state index in [2.05, 4.69) is 0 Å². The molecule has 1 atom stereocenters. The third kappa shape index (κ3) is 2.25. The van der Waals surface area contributed by atoms with Crippen molar-refractivity contribution in [1.29, 1.82) is 0 Å². The van der Waals surface area contributed by atoms with Crippen LogP contribution in [-0.4, -0.2) is 35.1 Å². The van der Waals surface area contributed by atoms with Crippen LogP contribution in [0.15, 0.2) is 18.2 Å². The molecule has 0 amide bonds. The standard InChI is InChI=1S/C11H13N3O4/c12-8-3-4-13(6-8)10-5-7(11(15)16)1-2-9(10)14(17)18/h1-2,5,8H,3-4,6,12H2,(H,15,16). The molecule has 0 aromatic heterocycles. The first kappa shape index (κ1) is 12.3. The summed E-state index contributed by atoms with van der Waals surface area (Å²) in [6.45, 7) is 1.11. The lowest BCUT2D eigenvalue weighted by molar-refractivity contribution is -0.384. The van der Waals surface area contributed by atoms with Crippen LogP contribution in [0.25, 0.3) is 0 Å². The second-order valence-electron chi connectivity index (χ2n) is 4.26. The summed E-state index contributed by atoms with van der Waals surface area (Å²) in [5.41, 5.74) is 6.03. The third-order valence-electron chi connectivity index (χ3n) is 2.98. The van der Waals surface area contributed by atoms with E-state index in [1.165, 1.54) is 18.2 Å². The number of hydrogen-bond donors (Lipinski definition) is 2. The highest BCUT2D eigenvalue weighted by molar-refractivity contribution is 5.90. The molecule has 0 saturated carbocycles. The third-order valence-corrected chi connectivity index (χ3v) is 2.98. The van der Waals surface area contributed by atoms with Crippen molar-refractivity contribution >= 4 is 17.3 Å². The Morgan fingerprint density at radius 2 is 2.28 bits per heavy atom. The highest BCUT2D eigenvalue weighted by atomic mass is 16.6. The Labute approximate surface area is 103 Å². The number of hydrogen-bond acceptors (Lipinski definition) is 5. The fourth-order valence-corrected chi connectivity index (χ4v) is 2.07. The Morgan fingerprint density at radius 3 is 2.78 bits per heavy atom. The molecular weight excluding hydrogens is 238 g/mol. The molecule has 1 aromatic rings. The van der Waals surface area contributed by atoms with Gasteiger partial charge in [0.1, 0.15) is 5.69 Å². The molecule has 1 aliphatic heterocycles. The van der Waals surface area contributed by atoms with E-state index in [1.54, 1.807) is 4.90 Å². The van der Waals surface area contributed by atoms with Crippen molar-refractivity contribution in [2.24, 2.45) is 5.73 Å². The van der Waals surface area contributed by atoms with Crippen LogP contribution < -0.4 is 10.6 Å². The summed E-state index contributed by atoms with van der Waals surface area (Å²) in [5.74, 6) is -1.10. The van der Waals surface area contributed by atoms with Gasteiger partial charge in [0.2, 0.25) is 0 Å². The zero-order valence-electron chi connectivity index (χ0n) is 9.57. The van der Waals surface area contributed by atoms with Gasteiger partial charge in [-0.25, -0.2) is 4.79 Å². The second-order valence-corrected chi connectivity index (χ2v) is 4.26. The smallest absolute Gasteiger partial charge is 0.335 e. The van der Waals surface area contributed by atoms with Crippen LogP contribution in [-0.2, 0) is 0 Å². The van der Waals surface area contributed by atoms with Gasteiger partial charge in [0.05, 0.1) is 10.5 Å². The lowest BCUT2D eigenvalue weighted by atomic mass is 10.1. The molecule has 1 unspecified atom stereocenters. The number of carboxylic acids is 1. The van der Waals surface area contributed by atoms with E-state index in [9.17, 15) is 14.9 Å². The van der Waals surface area contributed by atoms with Gasteiger partial charge in [-0.15, -0.1) is 0 Å². The number of rotatable bonds is 3. The van der Waals surface area contributed by atoms with Gasteiger partial charge in [0.25, 0.3) is 5.69 Å². The normalized spacial score (nSPS) is 18.9. The summed E-state index contributed by atoms with van der Waals surface area (Å²) < 4.78 is 0. The molecule has 0 aliphatic carbocycles. The first-order valence-electron chi connectivity index (χ1n) is 5.51. The van der Waals surface area contributed by atoms with Crippen LogP contribution >= 0.6 is 0 Å². The molecule has 7 nitrogen and oxygen atoms in total. The average Bonchev–Trinajstić information content (AvgIpc) is 2.74. The molecule has 1 aliphatic rings. The summed E-state index contributed by atoms with van der Waals surface area (Å²) in [4.78, 5) is 23.1. The molecule has 0 bridgehead atoms. The number of nitro groups is 1. The van der Waals surface area contributed by atoms with Crippen LogP contribution in [0, 0.1) is 10.1 Å². The minimum atomic E-state index is -1.10. The maximum atomic E-state index is 10.9. The average molecular weight is 251 g/mol. The van der Waals surface area contributed by atoms with Crippen molar-refractivity contribution in [2.75, 3.05) is 18.0 Å². The van der Waals surface area contributed by atoms with Gasteiger partial charge in [0.15, 0.2) is 0 Å². The summed E-state index contributed by atoms with van der Waals surface area (Å²) in [6, 6.07) is 3.76. The van der Waals surface area contributed by atoms with Gasteiger partial charge < -0.3 is 15.7 Å². The zero-order valence-corrected chi connectivity index (χ0v) is 9.57. The maximum Gasteiger partial charge on any atom is 0.335 e. The second kappa shape index (κ2) is 4.61. The van der Waals surface area contributed by atoms with Crippen LogP contribution in [0.3, 0.4) is 0 Å². The van der Waals surface area contributed by atoms with Crippen molar-refractivity contribution in [1.82, 2.24) is 0 Å². The fourth-order valence-electron chi connectivity index (χ4n) is 2.07. The first-order valence-corrected chi connectivity index (χ1v) is 5.51. The largest absolute Gasteiger partial charge is 0.478 e. The molecular formula is C11H13N3O4. The van der Waals surface area contributed by atoms with Gasteiger partial charge in [-0.2, -0.15) is 0 Å². The fraction of sp³-hybridized carbons (Fsp3) is 0.364. The summed E-state index contributed by atoms with van der Waals surface area (Å²) in [6.07, 6.45) is 0.744. The molecule has 0 radical (unpaired) electrons. The van der Waals surface area contributed by atoms with E-state index in [0.29, 0.717) is 18.8 Å². The number of benzene rings is 1. The van der Waals surface area contributed by atoms with Crippen LogP contribution in [0.5, 0.6) is 0 Å². The molecule has 3 N–H and O–H groups in total. The van der Waals surface area contributed by atoms with E-state index >= 15 is 0 Å². The van der Waals surface area contributed by atoms with Gasteiger partial charge in [0, 0.05) is 25.2 Å². The number of carbonyl (C=O) groups is 1. The Morgan fingerprint density at radius 1 is 1.56 bits per heavy atom. The van der Waals surface area contributed by atoms with E-state index in [4.69, 9.17) is 10.8 Å². The summed E-state index contributed by atoms with van der Waals surface area (Å²) in [5, 5.41) is 19.9. The van der Waals surface area contributed by atoms with Crippen LogP contribution in [0.4, 0.5) is 11.4 Å². The Kier molecular flexibility index (Phi) is 3.15.